The Hall–Kier alpha value is -0.760. The Bertz CT molecular complexity index is 739. The zero-order valence-corrected chi connectivity index (χ0v) is 31.0. The smallest absolute Gasteiger partial charge is 0.387 e. The molecular weight excluding hydrogens is 599 g/mol. The zero-order chi connectivity index (χ0) is 34.0. The maximum absolute atomic E-state index is 12.7. The fraction of sp³-hybridized carbons (Fsp3) is 0.919. The monoisotopic (exact) mass is 675 g/mol. The number of phosphoric acid groups is 1. The van der Waals surface area contributed by atoms with Gasteiger partial charge in [-0.05, 0) is 19.3 Å². The molecule has 1 amide bonds. The van der Waals surface area contributed by atoms with E-state index in [1.807, 2.05) is 6.08 Å². The lowest BCUT2D eigenvalue weighted by atomic mass is 10.0. The Morgan fingerprint density at radius 2 is 1.11 bits per heavy atom. The summed E-state index contributed by atoms with van der Waals surface area (Å²) in [5.74, 6) is -0.194. The Morgan fingerprint density at radius 3 is 1.54 bits per heavy atom. The molecule has 0 saturated heterocycles. The molecule has 0 spiro atoms. The third-order valence-corrected chi connectivity index (χ3v) is 9.60. The molecule has 0 aliphatic heterocycles. The first-order chi connectivity index (χ1) is 22.4. The highest BCUT2D eigenvalue weighted by molar-refractivity contribution is 7.47. The van der Waals surface area contributed by atoms with Crippen molar-refractivity contribution in [1.29, 1.82) is 0 Å². The molecule has 274 valence electrons. The number of phosphoric ester groups is 1. The number of hydrogen-bond donors (Lipinski definition) is 4. The molecule has 3 atom stereocenters. The van der Waals surface area contributed by atoms with Crippen LogP contribution in [-0.4, -0.2) is 47.8 Å². The molecule has 0 aliphatic rings. The summed E-state index contributed by atoms with van der Waals surface area (Å²) < 4.78 is 22.0. The second-order valence-electron chi connectivity index (χ2n) is 13.1. The maximum atomic E-state index is 12.7. The first kappa shape index (κ1) is 45.2. The molecular formula is C37H75N2O6P. The number of nitrogens with two attached hydrogens (primary N) is 1. The van der Waals surface area contributed by atoms with E-state index in [1.54, 1.807) is 6.08 Å². The summed E-state index contributed by atoms with van der Waals surface area (Å²) in [7, 11) is -4.32. The predicted molar refractivity (Wildman–Crippen MR) is 194 cm³/mol. The highest BCUT2D eigenvalue weighted by atomic mass is 31.2. The lowest BCUT2D eigenvalue weighted by Gasteiger charge is -2.23. The van der Waals surface area contributed by atoms with E-state index in [9.17, 15) is 19.4 Å². The average Bonchev–Trinajstić information content (AvgIpc) is 3.04. The zero-order valence-electron chi connectivity index (χ0n) is 30.1. The van der Waals surface area contributed by atoms with E-state index >= 15 is 0 Å². The number of unbranched alkanes of at least 4 members (excludes halogenated alkanes) is 24. The molecule has 0 aromatic carbocycles. The standard InChI is InChI=1S/C37H75N2O6P/c1-3-5-7-9-11-13-14-15-16-17-18-19-20-21-23-25-27-29-31-37(41)39-35(34-45-46(42,43)44-33-32-38)36(40)30-28-26-24-22-12-10-8-6-4-2/h28,30,35-36,40H,3-27,29,31-34,38H2,1-2H3,(H,39,41)(H,42,43)/b30-28+. The molecule has 46 heavy (non-hydrogen) atoms. The van der Waals surface area contributed by atoms with E-state index in [2.05, 4.69) is 19.2 Å². The Labute approximate surface area is 284 Å². The van der Waals surface area contributed by atoms with Crippen molar-refractivity contribution < 1.29 is 28.4 Å². The number of rotatable bonds is 36. The van der Waals surface area contributed by atoms with Crippen LogP contribution in [0.5, 0.6) is 0 Å². The summed E-state index contributed by atoms with van der Waals surface area (Å²) in [6.45, 7) is 4.11. The predicted octanol–water partition coefficient (Wildman–Crippen LogP) is 10.1. The molecule has 8 nitrogen and oxygen atoms in total. The number of nitrogens with one attached hydrogen (secondary N) is 1. The highest BCUT2D eigenvalue weighted by Crippen LogP contribution is 2.43. The summed E-state index contributed by atoms with van der Waals surface area (Å²) in [6, 6.07) is -0.852. The number of hydrogen-bond acceptors (Lipinski definition) is 6. The second kappa shape index (κ2) is 34.1. The summed E-state index contributed by atoms with van der Waals surface area (Å²) in [4.78, 5) is 22.5. The quantitative estimate of drug-likeness (QED) is 0.0295. The maximum Gasteiger partial charge on any atom is 0.472 e. The van der Waals surface area contributed by atoms with Crippen LogP contribution in [0.25, 0.3) is 0 Å². The molecule has 0 fully saturated rings. The normalized spacial score (nSPS) is 14.5. The van der Waals surface area contributed by atoms with Gasteiger partial charge in [-0.3, -0.25) is 13.8 Å². The lowest BCUT2D eigenvalue weighted by molar-refractivity contribution is -0.123. The molecule has 5 N–H and O–H groups in total. The number of aliphatic hydroxyl groups excluding tert-OH is 1. The number of allylic oxidation sites excluding steroid dienone is 1. The van der Waals surface area contributed by atoms with Crippen molar-refractivity contribution >= 4 is 13.7 Å². The van der Waals surface area contributed by atoms with Crippen molar-refractivity contribution in [3.05, 3.63) is 12.2 Å². The van der Waals surface area contributed by atoms with Crippen molar-refractivity contribution in [1.82, 2.24) is 5.32 Å². The van der Waals surface area contributed by atoms with E-state index in [0.717, 1.165) is 38.5 Å². The SMILES string of the molecule is CCCCCCCCC/C=C/C(O)C(COP(=O)(O)OCCN)NC(=O)CCCCCCCCCCCCCCCCCCCC. The van der Waals surface area contributed by atoms with Crippen LogP contribution in [0, 0.1) is 0 Å². The van der Waals surface area contributed by atoms with Gasteiger partial charge in [0.15, 0.2) is 0 Å². The molecule has 0 aromatic heterocycles. The molecule has 3 unspecified atom stereocenters. The topological polar surface area (TPSA) is 131 Å². The Morgan fingerprint density at radius 1 is 0.696 bits per heavy atom. The van der Waals surface area contributed by atoms with Crippen molar-refractivity contribution in [2.24, 2.45) is 5.73 Å². The van der Waals surface area contributed by atoms with Crippen molar-refractivity contribution in [3.63, 3.8) is 0 Å². The molecule has 0 aliphatic carbocycles. The molecule has 0 heterocycles. The van der Waals surface area contributed by atoms with Gasteiger partial charge in [-0.1, -0.05) is 174 Å². The number of aliphatic hydroxyl groups is 1. The van der Waals surface area contributed by atoms with E-state index < -0.39 is 20.0 Å². The molecule has 0 saturated carbocycles. The Kier molecular flexibility index (Phi) is 33.6. The number of carbonyl (C=O) groups is 1. The van der Waals surface area contributed by atoms with Gasteiger partial charge in [0.05, 0.1) is 25.4 Å². The van der Waals surface area contributed by atoms with Gasteiger partial charge in [0.25, 0.3) is 0 Å². The molecule has 9 heteroatoms. The lowest BCUT2D eigenvalue weighted by Crippen LogP contribution is -2.45. The van der Waals surface area contributed by atoms with Crippen LogP contribution in [0.2, 0.25) is 0 Å². The van der Waals surface area contributed by atoms with Gasteiger partial charge in [-0.25, -0.2) is 4.57 Å². The minimum absolute atomic E-state index is 0.0808. The molecule has 0 radical (unpaired) electrons. The van der Waals surface area contributed by atoms with Crippen molar-refractivity contribution in [2.75, 3.05) is 19.8 Å². The van der Waals surface area contributed by atoms with Gasteiger partial charge in [-0.15, -0.1) is 0 Å². The van der Waals surface area contributed by atoms with Crippen LogP contribution in [0.4, 0.5) is 0 Å². The van der Waals surface area contributed by atoms with Crippen molar-refractivity contribution in [3.8, 4) is 0 Å². The minimum Gasteiger partial charge on any atom is -0.387 e. The third-order valence-electron chi connectivity index (χ3n) is 8.61. The number of carbonyl (C=O) groups excluding carboxylic acids is 1. The van der Waals surface area contributed by atoms with Crippen molar-refractivity contribution in [2.45, 2.75) is 199 Å². The van der Waals surface area contributed by atoms with E-state index in [1.165, 1.54) is 128 Å². The van der Waals surface area contributed by atoms with Gasteiger partial charge < -0.3 is 21.1 Å². The molecule has 0 bridgehead atoms. The third kappa shape index (κ3) is 31.8. The molecule has 0 aromatic rings. The van der Waals surface area contributed by atoms with Gasteiger partial charge in [-0.2, -0.15) is 0 Å². The van der Waals surface area contributed by atoms with Gasteiger partial charge in [0.2, 0.25) is 5.91 Å². The summed E-state index contributed by atoms with van der Waals surface area (Å²) >= 11 is 0. The van der Waals surface area contributed by atoms with Crippen LogP contribution in [0.3, 0.4) is 0 Å². The summed E-state index contributed by atoms with van der Waals surface area (Å²) in [5.41, 5.74) is 5.35. The minimum atomic E-state index is -4.32. The van der Waals surface area contributed by atoms with Gasteiger partial charge in [0.1, 0.15) is 0 Å². The van der Waals surface area contributed by atoms with Crippen LogP contribution >= 0.6 is 7.82 Å². The van der Waals surface area contributed by atoms with Gasteiger partial charge in [0, 0.05) is 13.0 Å². The first-order valence-electron chi connectivity index (χ1n) is 19.3. The van der Waals surface area contributed by atoms with E-state index in [0.29, 0.717) is 6.42 Å². The fourth-order valence-corrected chi connectivity index (χ4v) is 6.42. The van der Waals surface area contributed by atoms with Crippen LogP contribution in [0.15, 0.2) is 12.2 Å². The van der Waals surface area contributed by atoms with E-state index in [4.69, 9.17) is 14.8 Å². The number of amides is 1. The van der Waals surface area contributed by atoms with Crippen LogP contribution in [0.1, 0.15) is 187 Å². The molecule has 0 rings (SSSR count). The summed E-state index contributed by atoms with van der Waals surface area (Å²) in [6.07, 6.45) is 35.5. The van der Waals surface area contributed by atoms with Crippen LogP contribution < -0.4 is 11.1 Å². The summed E-state index contributed by atoms with van der Waals surface area (Å²) in [5, 5.41) is 13.5. The van der Waals surface area contributed by atoms with E-state index in [-0.39, 0.29) is 25.7 Å². The average molecular weight is 675 g/mol. The first-order valence-corrected chi connectivity index (χ1v) is 20.8. The Balaban J connectivity index is 4.15. The highest BCUT2D eigenvalue weighted by Gasteiger charge is 2.26. The second-order valence-corrected chi connectivity index (χ2v) is 14.6. The van der Waals surface area contributed by atoms with Crippen LogP contribution in [-0.2, 0) is 18.4 Å². The van der Waals surface area contributed by atoms with Gasteiger partial charge >= 0.3 is 7.82 Å². The fourth-order valence-electron chi connectivity index (χ4n) is 5.66. The largest absolute Gasteiger partial charge is 0.472 e.